The molecule has 0 atom stereocenters. The lowest BCUT2D eigenvalue weighted by molar-refractivity contribution is 0.238. The Morgan fingerprint density at radius 3 is 2.35 bits per heavy atom. The summed E-state index contributed by atoms with van der Waals surface area (Å²) in [7, 11) is 0. The van der Waals surface area contributed by atoms with E-state index in [1.807, 2.05) is 12.1 Å². The van der Waals surface area contributed by atoms with Crippen molar-refractivity contribution >= 4 is 29.6 Å². The maximum absolute atomic E-state index is 6.07. The van der Waals surface area contributed by atoms with E-state index in [0.29, 0.717) is 5.41 Å². The monoisotopic (exact) mass is 353 g/mol. The maximum atomic E-state index is 6.07. The molecule has 3 heteroatoms. The molecule has 1 aromatic rings. The van der Waals surface area contributed by atoms with E-state index in [-0.39, 0.29) is 12.4 Å². The van der Waals surface area contributed by atoms with Gasteiger partial charge in [-0.2, -0.15) is 0 Å². The molecule has 23 heavy (non-hydrogen) atoms. The average molecular weight is 354 g/mol. The summed E-state index contributed by atoms with van der Waals surface area (Å²) in [6.07, 6.45) is 7.91. The van der Waals surface area contributed by atoms with Crippen LogP contribution in [0.4, 0.5) is 0 Å². The number of rotatable bonds is 3. The number of nitrogens with zero attached hydrogens (tertiary/aromatic N) is 1. The molecule has 1 nitrogen and oxygen atoms in total. The van der Waals surface area contributed by atoms with E-state index in [0.717, 1.165) is 5.02 Å². The number of piperidine rings is 1. The van der Waals surface area contributed by atoms with Gasteiger partial charge < -0.3 is 0 Å². The van der Waals surface area contributed by atoms with Gasteiger partial charge in [-0.15, -0.1) is 12.4 Å². The van der Waals surface area contributed by atoms with Crippen LogP contribution in [-0.2, 0) is 0 Å². The van der Waals surface area contributed by atoms with Crippen LogP contribution in [0.1, 0.15) is 57.9 Å². The lowest BCUT2D eigenvalue weighted by Crippen LogP contribution is -2.33. The van der Waals surface area contributed by atoms with E-state index >= 15 is 0 Å². The third-order valence-corrected chi connectivity index (χ3v) is 5.49. The summed E-state index contributed by atoms with van der Waals surface area (Å²) in [6.45, 7) is 8.54. The molecule has 0 N–H and O–H groups in total. The summed E-state index contributed by atoms with van der Waals surface area (Å²) in [5, 5.41) is 0.831. The van der Waals surface area contributed by atoms with Crippen LogP contribution in [0.2, 0.25) is 5.02 Å². The molecule has 1 fully saturated rings. The highest BCUT2D eigenvalue weighted by Crippen LogP contribution is 2.43. The van der Waals surface area contributed by atoms with Crippen molar-refractivity contribution in [3.63, 3.8) is 0 Å². The summed E-state index contributed by atoms with van der Waals surface area (Å²) in [5.41, 5.74) is 5.05. The van der Waals surface area contributed by atoms with Crippen molar-refractivity contribution in [2.45, 2.75) is 52.4 Å². The quantitative estimate of drug-likeness (QED) is 0.624. The predicted molar refractivity (Wildman–Crippen MR) is 104 cm³/mol. The minimum Gasteiger partial charge on any atom is -0.299 e. The normalized spacial score (nSPS) is 21.9. The summed E-state index contributed by atoms with van der Waals surface area (Å²) < 4.78 is 0. The highest BCUT2D eigenvalue weighted by molar-refractivity contribution is 6.30. The Balaban J connectivity index is 0.00000192. The van der Waals surface area contributed by atoms with Crippen LogP contribution >= 0.6 is 24.0 Å². The van der Waals surface area contributed by atoms with Gasteiger partial charge in [-0.25, -0.2) is 0 Å². The third kappa shape index (κ3) is 4.98. The molecule has 0 unspecified atom stereocenters. The first-order valence-corrected chi connectivity index (χ1v) is 9.10. The lowest BCUT2D eigenvalue weighted by atomic mass is 9.72. The van der Waals surface area contributed by atoms with Crippen LogP contribution in [0.3, 0.4) is 0 Å². The van der Waals surface area contributed by atoms with Gasteiger partial charge in [0.05, 0.1) is 0 Å². The first-order valence-electron chi connectivity index (χ1n) is 8.73. The molecule has 1 saturated heterocycles. The smallest absolute Gasteiger partial charge is 0.0406 e. The molecule has 1 aromatic carbocycles. The molecule has 0 saturated carbocycles. The van der Waals surface area contributed by atoms with Crippen molar-refractivity contribution in [3.8, 4) is 0 Å². The molecule has 3 rings (SSSR count). The fraction of sp³-hybridized carbons (Fsp3) is 0.600. The van der Waals surface area contributed by atoms with Crippen LogP contribution < -0.4 is 0 Å². The van der Waals surface area contributed by atoms with Gasteiger partial charge >= 0.3 is 0 Å². The minimum absolute atomic E-state index is 0. The summed E-state index contributed by atoms with van der Waals surface area (Å²) >= 11 is 6.07. The zero-order valence-corrected chi connectivity index (χ0v) is 16.0. The summed E-state index contributed by atoms with van der Waals surface area (Å²) in [5.74, 6) is 0. The van der Waals surface area contributed by atoms with Crippen molar-refractivity contribution < 1.29 is 0 Å². The van der Waals surface area contributed by atoms with Gasteiger partial charge in [0.1, 0.15) is 0 Å². The fourth-order valence-corrected chi connectivity index (χ4v) is 3.98. The average Bonchev–Trinajstić information content (AvgIpc) is 2.51. The maximum Gasteiger partial charge on any atom is 0.0406 e. The molecule has 2 aliphatic rings. The van der Waals surface area contributed by atoms with Gasteiger partial charge in [0.15, 0.2) is 0 Å². The molecular formula is C20H29Cl2N. The molecular weight excluding hydrogens is 325 g/mol. The second-order valence-electron chi connectivity index (χ2n) is 7.77. The molecule has 1 heterocycles. The molecule has 1 aliphatic heterocycles. The molecule has 1 aliphatic carbocycles. The lowest BCUT2D eigenvalue weighted by Gasteiger charge is -2.36. The Bertz CT molecular complexity index is 539. The first kappa shape index (κ1) is 18.8. The highest BCUT2D eigenvalue weighted by Gasteiger charge is 2.28. The Hall–Kier alpha value is -0.500. The molecule has 0 radical (unpaired) electrons. The van der Waals surface area contributed by atoms with Crippen molar-refractivity contribution in [2.75, 3.05) is 19.6 Å². The fourth-order valence-electron chi connectivity index (χ4n) is 3.85. The van der Waals surface area contributed by atoms with E-state index in [4.69, 9.17) is 11.6 Å². The topological polar surface area (TPSA) is 3.24 Å². The molecule has 0 amide bonds. The highest BCUT2D eigenvalue weighted by atomic mass is 35.5. The van der Waals surface area contributed by atoms with Crippen molar-refractivity contribution in [3.05, 3.63) is 40.4 Å². The third-order valence-electron chi connectivity index (χ3n) is 5.24. The second-order valence-corrected chi connectivity index (χ2v) is 8.20. The largest absolute Gasteiger partial charge is 0.299 e. The summed E-state index contributed by atoms with van der Waals surface area (Å²) in [6, 6.07) is 8.47. The van der Waals surface area contributed by atoms with E-state index in [2.05, 4.69) is 30.9 Å². The van der Waals surface area contributed by atoms with E-state index in [9.17, 15) is 0 Å². The number of hydrogen-bond acceptors (Lipinski definition) is 1. The van der Waals surface area contributed by atoms with Crippen LogP contribution in [-0.4, -0.2) is 24.5 Å². The number of allylic oxidation sites excluding steroid dienone is 1. The van der Waals surface area contributed by atoms with Crippen LogP contribution in [0.5, 0.6) is 0 Å². The zero-order valence-electron chi connectivity index (χ0n) is 14.4. The van der Waals surface area contributed by atoms with Crippen LogP contribution in [0.25, 0.3) is 5.57 Å². The van der Waals surface area contributed by atoms with Gasteiger partial charge in [0, 0.05) is 11.6 Å². The van der Waals surface area contributed by atoms with Gasteiger partial charge in [0.25, 0.3) is 0 Å². The van der Waals surface area contributed by atoms with Crippen molar-refractivity contribution in [1.29, 1.82) is 0 Å². The van der Waals surface area contributed by atoms with Gasteiger partial charge in [-0.05, 0) is 73.9 Å². The van der Waals surface area contributed by atoms with Gasteiger partial charge in [0.2, 0.25) is 0 Å². The Morgan fingerprint density at radius 1 is 1.04 bits per heavy atom. The SMILES string of the molecule is CC1(C)CCC(CN2CCCCC2)=C(c2ccc(Cl)cc2)C1.Cl. The molecule has 0 aromatic heterocycles. The van der Waals surface area contributed by atoms with Gasteiger partial charge in [-0.1, -0.05) is 49.6 Å². The van der Waals surface area contributed by atoms with E-state index in [1.54, 1.807) is 11.1 Å². The molecule has 128 valence electrons. The molecule has 0 bridgehead atoms. The Kier molecular flexibility index (Phi) is 6.59. The number of hydrogen-bond donors (Lipinski definition) is 0. The number of halogens is 2. The molecule has 0 spiro atoms. The number of benzene rings is 1. The summed E-state index contributed by atoms with van der Waals surface area (Å²) in [4.78, 5) is 2.66. The van der Waals surface area contributed by atoms with Crippen LogP contribution in [0.15, 0.2) is 29.8 Å². The Labute approximate surface area is 152 Å². The van der Waals surface area contributed by atoms with E-state index in [1.165, 1.54) is 63.7 Å². The van der Waals surface area contributed by atoms with E-state index < -0.39 is 0 Å². The second kappa shape index (κ2) is 8.05. The number of likely N-dealkylation sites (tertiary alicyclic amines) is 1. The first-order chi connectivity index (χ1) is 10.5. The van der Waals surface area contributed by atoms with Crippen molar-refractivity contribution in [1.82, 2.24) is 4.90 Å². The van der Waals surface area contributed by atoms with Crippen molar-refractivity contribution in [2.24, 2.45) is 5.41 Å². The Morgan fingerprint density at radius 2 is 1.70 bits per heavy atom. The minimum atomic E-state index is 0. The zero-order chi connectivity index (χ0) is 15.6. The predicted octanol–water partition coefficient (Wildman–Crippen LogP) is 6.21. The van der Waals surface area contributed by atoms with Crippen LogP contribution in [0, 0.1) is 5.41 Å². The standard InChI is InChI=1S/C20H28ClN.ClH/c1-20(2)11-10-17(15-22-12-4-3-5-13-22)19(14-20)16-6-8-18(21)9-7-16;/h6-9H,3-5,10-15H2,1-2H3;1H. The van der Waals surface area contributed by atoms with Gasteiger partial charge in [-0.3, -0.25) is 4.90 Å².